The van der Waals surface area contributed by atoms with Gasteiger partial charge in [-0.05, 0) is 94.0 Å². The molecule has 1 aliphatic heterocycles. The molecule has 0 aliphatic carbocycles. The Hall–Kier alpha value is -2.82. The van der Waals surface area contributed by atoms with E-state index in [0.717, 1.165) is 49.3 Å². The predicted molar refractivity (Wildman–Crippen MR) is 120 cm³/mol. The van der Waals surface area contributed by atoms with E-state index >= 15 is 0 Å². The topological polar surface area (TPSA) is 47.4 Å². The van der Waals surface area contributed by atoms with E-state index in [-0.39, 0.29) is 12.0 Å². The van der Waals surface area contributed by atoms with E-state index in [4.69, 9.17) is 4.74 Å². The average Bonchev–Trinajstić information content (AvgIpc) is 3.10. The van der Waals surface area contributed by atoms with Crippen molar-refractivity contribution >= 4 is 16.9 Å². The fourth-order valence-corrected chi connectivity index (χ4v) is 4.19. The molecular weight excluding hydrogens is 374 g/mol. The quantitative estimate of drug-likeness (QED) is 0.601. The van der Waals surface area contributed by atoms with Gasteiger partial charge in [-0.15, -0.1) is 0 Å². The van der Waals surface area contributed by atoms with Crippen LogP contribution in [0.15, 0.2) is 42.7 Å². The summed E-state index contributed by atoms with van der Waals surface area (Å²) in [7, 11) is 0. The number of amides is 1. The predicted octanol–water partition coefficient (Wildman–Crippen LogP) is 4.99. The van der Waals surface area contributed by atoms with Crippen LogP contribution in [0.25, 0.3) is 11.0 Å². The summed E-state index contributed by atoms with van der Waals surface area (Å²) in [4.78, 5) is 19.4. The van der Waals surface area contributed by atoms with Crippen LogP contribution in [0.2, 0.25) is 0 Å². The molecule has 5 nitrogen and oxygen atoms in total. The van der Waals surface area contributed by atoms with Gasteiger partial charge in [0.2, 0.25) is 0 Å². The molecule has 2 heterocycles. The Labute approximate surface area is 178 Å². The van der Waals surface area contributed by atoms with Crippen LogP contribution in [-0.2, 0) is 6.54 Å². The summed E-state index contributed by atoms with van der Waals surface area (Å²) in [6.07, 6.45) is 4.13. The highest BCUT2D eigenvalue weighted by atomic mass is 16.5. The lowest BCUT2D eigenvalue weighted by Crippen LogP contribution is -2.39. The second kappa shape index (κ2) is 8.50. The lowest BCUT2D eigenvalue weighted by molar-refractivity contribution is 0.0683. The number of ether oxygens (including phenoxy) is 1. The van der Waals surface area contributed by atoms with Crippen LogP contribution in [0.5, 0.6) is 5.75 Å². The molecular formula is C25H31N3O2. The van der Waals surface area contributed by atoms with Gasteiger partial charge in [0.15, 0.2) is 0 Å². The van der Waals surface area contributed by atoms with E-state index in [1.165, 1.54) is 16.6 Å². The first-order valence-electron chi connectivity index (χ1n) is 10.9. The SMILES string of the molecule is Cc1cc2ncn(CC3CCN(C(=O)c4ccc(OC(C)C)cc4)CC3)c2cc1C. The molecule has 0 bridgehead atoms. The summed E-state index contributed by atoms with van der Waals surface area (Å²) in [5.41, 5.74) is 5.59. The number of fused-ring (bicyclic) bond motifs is 1. The van der Waals surface area contributed by atoms with Crippen LogP contribution in [0.1, 0.15) is 48.2 Å². The molecule has 1 aliphatic rings. The van der Waals surface area contributed by atoms with E-state index in [9.17, 15) is 4.79 Å². The van der Waals surface area contributed by atoms with Crippen molar-refractivity contribution in [3.63, 3.8) is 0 Å². The summed E-state index contributed by atoms with van der Waals surface area (Å²) in [5, 5.41) is 0. The molecule has 3 aromatic rings. The van der Waals surface area contributed by atoms with Gasteiger partial charge in [0.05, 0.1) is 23.5 Å². The number of aryl methyl sites for hydroxylation is 2. The summed E-state index contributed by atoms with van der Waals surface area (Å²) in [6, 6.07) is 11.9. The zero-order valence-electron chi connectivity index (χ0n) is 18.4. The third kappa shape index (κ3) is 4.35. The van der Waals surface area contributed by atoms with Crippen LogP contribution in [0, 0.1) is 19.8 Å². The molecule has 1 aromatic heterocycles. The summed E-state index contributed by atoms with van der Waals surface area (Å²) in [5.74, 6) is 1.48. The highest BCUT2D eigenvalue weighted by molar-refractivity contribution is 5.94. The monoisotopic (exact) mass is 405 g/mol. The number of hydrogen-bond donors (Lipinski definition) is 0. The molecule has 30 heavy (non-hydrogen) atoms. The molecule has 1 amide bonds. The third-order valence-electron chi connectivity index (χ3n) is 6.07. The van der Waals surface area contributed by atoms with Crippen molar-refractivity contribution in [2.24, 2.45) is 5.92 Å². The zero-order valence-corrected chi connectivity index (χ0v) is 18.4. The highest BCUT2D eigenvalue weighted by Gasteiger charge is 2.24. The van der Waals surface area contributed by atoms with Crippen LogP contribution >= 0.6 is 0 Å². The normalized spacial score (nSPS) is 15.2. The van der Waals surface area contributed by atoms with Crippen LogP contribution < -0.4 is 4.74 Å². The lowest BCUT2D eigenvalue weighted by atomic mass is 9.96. The highest BCUT2D eigenvalue weighted by Crippen LogP contribution is 2.25. The first-order chi connectivity index (χ1) is 14.4. The molecule has 5 heteroatoms. The number of piperidine rings is 1. The summed E-state index contributed by atoms with van der Waals surface area (Å²) >= 11 is 0. The number of rotatable bonds is 5. The molecule has 1 saturated heterocycles. The number of nitrogens with zero attached hydrogens (tertiary/aromatic N) is 3. The number of carbonyl (C=O) groups excluding carboxylic acids is 1. The summed E-state index contributed by atoms with van der Waals surface area (Å²) in [6.45, 7) is 10.8. The fourth-order valence-electron chi connectivity index (χ4n) is 4.19. The molecule has 0 spiro atoms. The molecule has 0 N–H and O–H groups in total. The number of likely N-dealkylation sites (tertiary alicyclic amines) is 1. The Morgan fingerprint density at radius 1 is 1.10 bits per heavy atom. The number of hydrogen-bond acceptors (Lipinski definition) is 3. The van der Waals surface area contributed by atoms with Crippen LogP contribution in [0.4, 0.5) is 0 Å². The van der Waals surface area contributed by atoms with Crippen molar-refractivity contribution in [1.82, 2.24) is 14.5 Å². The largest absolute Gasteiger partial charge is 0.491 e. The zero-order chi connectivity index (χ0) is 21.3. The van der Waals surface area contributed by atoms with E-state index in [1.54, 1.807) is 0 Å². The molecule has 0 atom stereocenters. The maximum Gasteiger partial charge on any atom is 0.253 e. The van der Waals surface area contributed by atoms with Gasteiger partial charge < -0.3 is 14.2 Å². The van der Waals surface area contributed by atoms with E-state index in [2.05, 4.69) is 35.5 Å². The Kier molecular flexibility index (Phi) is 5.80. The van der Waals surface area contributed by atoms with Crippen molar-refractivity contribution in [1.29, 1.82) is 0 Å². The van der Waals surface area contributed by atoms with Gasteiger partial charge >= 0.3 is 0 Å². The van der Waals surface area contributed by atoms with Crippen molar-refractivity contribution in [3.8, 4) is 5.75 Å². The van der Waals surface area contributed by atoms with E-state index in [1.807, 2.05) is 49.3 Å². The minimum atomic E-state index is 0.115. The molecule has 0 radical (unpaired) electrons. The standard InChI is InChI=1S/C25H31N3O2/c1-17(2)30-22-7-5-21(6-8-22)25(29)27-11-9-20(10-12-27)15-28-16-26-23-13-18(3)19(4)14-24(23)28/h5-8,13-14,16-17,20H,9-12,15H2,1-4H3. The average molecular weight is 406 g/mol. The molecule has 0 saturated carbocycles. The number of imidazole rings is 1. The van der Waals surface area contributed by atoms with Crippen molar-refractivity contribution in [3.05, 3.63) is 59.4 Å². The maximum absolute atomic E-state index is 12.9. The van der Waals surface area contributed by atoms with Gasteiger partial charge in [0, 0.05) is 25.2 Å². The van der Waals surface area contributed by atoms with Gasteiger partial charge in [-0.1, -0.05) is 0 Å². The molecule has 2 aromatic carbocycles. The van der Waals surface area contributed by atoms with Crippen molar-refractivity contribution in [2.75, 3.05) is 13.1 Å². The Morgan fingerprint density at radius 3 is 2.43 bits per heavy atom. The first kappa shape index (κ1) is 20.5. The number of aromatic nitrogens is 2. The molecule has 158 valence electrons. The molecule has 1 fully saturated rings. The van der Waals surface area contributed by atoms with Gasteiger partial charge in [-0.2, -0.15) is 0 Å². The Morgan fingerprint density at radius 2 is 1.77 bits per heavy atom. The van der Waals surface area contributed by atoms with E-state index in [0.29, 0.717) is 5.92 Å². The number of benzene rings is 2. The van der Waals surface area contributed by atoms with Crippen LogP contribution in [-0.4, -0.2) is 39.6 Å². The Bertz CT molecular complexity index is 1030. The Balaban J connectivity index is 1.36. The smallest absolute Gasteiger partial charge is 0.253 e. The first-order valence-corrected chi connectivity index (χ1v) is 10.9. The van der Waals surface area contributed by atoms with Crippen LogP contribution in [0.3, 0.4) is 0 Å². The van der Waals surface area contributed by atoms with Gasteiger partial charge in [0.1, 0.15) is 5.75 Å². The van der Waals surface area contributed by atoms with Gasteiger partial charge in [-0.25, -0.2) is 4.98 Å². The number of carbonyl (C=O) groups is 1. The van der Waals surface area contributed by atoms with Crippen molar-refractivity contribution in [2.45, 2.75) is 53.2 Å². The molecule has 0 unspecified atom stereocenters. The fraction of sp³-hybridized carbons (Fsp3) is 0.440. The maximum atomic E-state index is 12.9. The minimum Gasteiger partial charge on any atom is -0.491 e. The summed E-state index contributed by atoms with van der Waals surface area (Å²) < 4.78 is 7.95. The second-order valence-electron chi connectivity index (χ2n) is 8.75. The minimum absolute atomic E-state index is 0.115. The van der Waals surface area contributed by atoms with Crippen molar-refractivity contribution < 1.29 is 9.53 Å². The van der Waals surface area contributed by atoms with Gasteiger partial charge in [0.25, 0.3) is 5.91 Å². The lowest BCUT2D eigenvalue weighted by Gasteiger charge is -2.32. The third-order valence-corrected chi connectivity index (χ3v) is 6.07. The second-order valence-corrected chi connectivity index (χ2v) is 8.75. The molecule has 4 rings (SSSR count). The van der Waals surface area contributed by atoms with E-state index < -0.39 is 0 Å². The van der Waals surface area contributed by atoms with Gasteiger partial charge in [-0.3, -0.25) is 4.79 Å².